The van der Waals surface area contributed by atoms with Gasteiger partial charge < -0.3 is 9.47 Å². The molecule has 1 amide bonds. The van der Waals surface area contributed by atoms with E-state index in [1.165, 1.54) is 6.21 Å². The van der Waals surface area contributed by atoms with Gasteiger partial charge in [0.25, 0.3) is 5.91 Å². The molecule has 170 valence electrons. The van der Waals surface area contributed by atoms with Crippen LogP contribution in [-0.4, -0.2) is 24.7 Å². The number of nitrogens with one attached hydrogen (secondary N) is 1. The van der Waals surface area contributed by atoms with Gasteiger partial charge in [0.1, 0.15) is 11.5 Å². The van der Waals surface area contributed by atoms with Crippen molar-refractivity contribution in [2.75, 3.05) is 6.61 Å². The van der Waals surface area contributed by atoms with Crippen LogP contribution < -0.4 is 14.9 Å². The Bertz CT molecular complexity index is 1380. The molecule has 6 nitrogen and oxygen atoms in total. The molecule has 0 aromatic heterocycles. The third-order valence-electron chi connectivity index (χ3n) is 5.02. The van der Waals surface area contributed by atoms with Gasteiger partial charge in [-0.05, 0) is 48.0 Å². The van der Waals surface area contributed by atoms with E-state index in [0.29, 0.717) is 28.5 Å². The average molecular weight is 473 g/mol. The molecule has 0 heterocycles. The maximum absolute atomic E-state index is 12.8. The number of hydrogen-bond donors (Lipinski definition) is 1. The smallest absolute Gasteiger partial charge is 0.345 e. The average Bonchev–Trinajstić information content (AvgIpc) is 2.85. The predicted octanol–water partition coefficient (Wildman–Crippen LogP) is 5.88. The molecule has 7 heteroatoms. The standard InChI is InChI=1S/C27H21ClN2O4/c1-2-33-24-14-8-6-12-21(24)26(31)30-29-17-22-19-10-4-3-9-18(19)15-16-25(22)34-27(32)20-11-5-7-13-23(20)28/h3-17H,2H2,1H3,(H,30,31)/b29-17+. The molecule has 0 unspecified atom stereocenters. The van der Waals surface area contributed by atoms with Gasteiger partial charge in [-0.3, -0.25) is 4.79 Å². The molecule has 4 aromatic carbocycles. The summed E-state index contributed by atoms with van der Waals surface area (Å²) in [5, 5.41) is 6.16. The lowest BCUT2D eigenvalue weighted by Gasteiger charge is -2.11. The quantitative estimate of drug-likeness (QED) is 0.158. The first kappa shape index (κ1) is 23.0. The number of amides is 1. The van der Waals surface area contributed by atoms with E-state index >= 15 is 0 Å². The minimum Gasteiger partial charge on any atom is -0.493 e. The number of ether oxygens (including phenoxy) is 2. The van der Waals surface area contributed by atoms with Gasteiger partial charge in [0.2, 0.25) is 0 Å². The number of esters is 1. The van der Waals surface area contributed by atoms with Gasteiger partial charge >= 0.3 is 5.97 Å². The number of hydrogen-bond acceptors (Lipinski definition) is 5. The van der Waals surface area contributed by atoms with E-state index in [-0.39, 0.29) is 11.3 Å². The van der Waals surface area contributed by atoms with Gasteiger partial charge in [-0.1, -0.05) is 66.2 Å². The number of carbonyl (C=O) groups excluding carboxylic acids is 2. The Morgan fingerprint density at radius 1 is 0.882 bits per heavy atom. The predicted molar refractivity (Wildman–Crippen MR) is 133 cm³/mol. The van der Waals surface area contributed by atoms with Crippen molar-refractivity contribution >= 4 is 40.5 Å². The van der Waals surface area contributed by atoms with Gasteiger partial charge in [-0.2, -0.15) is 5.10 Å². The van der Waals surface area contributed by atoms with Crippen LogP contribution in [0.2, 0.25) is 5.02 Å². The number of benzene rings is 4. The fourth-order valence-electron chi connectivity index (χ4n) is 3.43. The Hall–Kier alpha value is -4.16. The highest BCUT2D eigenvalue weighted by Gasteiger charge is 2.16. The maximum Gasteiger partial charge on any atom is 0.345 e. The van der Waals surface area contributed by atoms with Crippen molar-refractivity contribution < 1.29 is 19.1 Å². The summed E-state index contributed by atoms with van der Waals surface area (Å²) in [4.78, 5) is 25.4. The van der Waals surface area contributed by atoms with Crippen LogP contribution >= 0.6 is 11.6 Å². The Morgan fingerprint density at radius 3 is 2.38 bits per heavy atom. The normalized spacial score (nSPS) is 10.9. The van der Waals surface area contributed by atoms with Crippen LogP contribution in [0.25, 0.3) is 10.8 Å². The minimum absolute atomic E-state index is 0.251. The number of rotatable bonds is 7. The van der Waals surface area contributed by atoms with Crippen molar-refractivity contribution in [2.24, 2.45) is 5.10 Å². The molecule has 0 atom stereocenters. The summed E-state index contributed by atoms with van der Waals surface area (Å²) < 4.78 is 11.2. The van der Waals surface area contributed by atoms with E-state index in [9.17, 15) is 9.59 Å². The van der Waals surface area contributed by atoms with E-state index < -0.39 is 11.9 Å². The zero-order chi connectivity index (χ0) is 23.9. The van der Waals surface area contributed by atoms with E-state index in [4.69, 9.17) is 21.1 Å². The number of hydrazone groups is 1. The highest BCUT2D eigenvalue weighted by molar-refractivity contribution is 6.33. The molecule has 0 radical (unpaired) electrons. The van der Waals surface area contributed by atoms with Gasteiger partial charge in [-0.15, -0.1) is 0 Å². The summed E-state index contributed by atoms with van der Waals surface area (Å²) in [6.45, 7) is 2.28. The number of nitrogens with zero attached hydrogens (tertiary/aromatic N) is 1. The molecule has 1 N–H and O–H groups in total. The lowest BCUT2D eigenvalue weighted by molar-refractivity contribution is 0.0734. The van der Waals surface area contributed by atoms with Crippen LogP contribution in [0, 0.1) is 0 Å². The van der Waals surface area contributed by atoms with E-state index in [2.05, 4.69) is 10.5 Å². The third kappa shape index (κ3) is 5.08. The number of halogens is 1. The summed E-state index contributed by atoms with van der Waals surface area (Å²) in [5.41, 5.74) is 3.68. The minimum atomic E-state index is -0.592. The molecule has 4 rings (SSSR count). The van der Waals surface area contributed by atoms with Crippen molar-refractivity contribution in [3.63, 3.8) is 0 Å². The second-order valence-electron chi connectivity index (χ2n) is 7.20. The molecule has 4 aromatic rings. The van der Waals surface area contributed by atoms with Crippen LogP contribution in [-0.2, 0) is 0 Å². The van der Waals surface area contributed by atoms with Crippen molar-refractivity contribution in [2.45, 2.75) is 6.92 Å². The lowest BCUT2D eigenvalue weighted by atomic mass is 10.0. The first-order chi connectivity index (χ1) is 16.6. The van der Waals surface area contributed by atoms with Crippen LogP contribution in [0.15, 0.2) is 90.0 Å². The largest absolute Gasteiger partial charge is 0.493 e. The Kier molecular flexibility index (Phi) is 7.20. The Balaban J connectivity index is 1.63. The highest BCUT2D eigenvalue weighted by atomic mass is 35.5. The molecule has 0 aliphatic carbocycles. The summed E-state index contributed by atoms with van der Waals surface area (Å²) in [7, 11) is 0. The van der Waals surface area contributed by atoms with Crippen molar-refractivity contribution in [1.82, 2.24) is 5.43 Å². The number of para-hydroxylation sites is 1. The molecular weight excluding hydrogens is 452 g/mol. The molecule has 0 bridgehead atoms. The van der Waals surface area contributed by atoms with Crippen molar-refractivity contribution in [1.29, 1.82) is 0 Å². The van der Waals surface area contributed by atoms with Crippen LogP contribution in [0.5, 0.6) is 11.5 Å². The van der Waals surface area contributed by atoms with E-state index in [1.54, 1.807) is 54.6 Å². The highest BCUT2D eigenvalue weighted by Crippen LogP contribution is 2.28. The van der Waals surface area contributed by atoms with Crippen LogP contribution in [0.3, 0.4) is 0 Å². The van der Waals surface area contributed by atoms with Crippen LogP contribution in [0.1, 0.15) is 33.2 Å². The SMILES string of the molecule is CCOc1ccccc1C(=O)N/N=C/c1c(OC(=O)c2ccccc2Cl)ccc2ccccc12. The van der Waals surface area contributed by atoms with Gasteiger partial charge in [0.05, 0.1) is 29.0 Å². The fraction of sp³-hybridized carbons (Fsp3) is 0.0741. The zero-order valence-electron chi connectivity index (χ0n) is 18.3. The summed E-state index contributed by atoms with van der Waals surface area (Å²) in [6, 6.07) is 24.7. The molecule has 34 heavy (non-hydrogen) atoms. The third-order valence-corrected chi connectivity index (χ3v) is 5.35. The van der Waals surface area contributed by atoms with E-state index in [0.717, 1.165) is 10.8 Å². The second-order valence-corrected chi connectivity index (χ2v) is 7.60. The topological polar surface area (TPSA) is 77.0 Å². The maximum atomic E-state index is 12.8. The summed E-state index contributed by atoms with van der Waals surface area (Å²) >= 11 is 6.15. The second kappa shape index (κ2) is 10.6. The summed E-state index contributed by atoms with van der Waals surface area (Å²) in [6.07, 6.45) is 1.46. The van der Waals surface area contributed by atoms with Crippen molar-refractivity contribution in [3.05, 3.63) is 107 Å². The zero-order valence-corrected chi connectivity index (χ0v) is 19.1. The van der Waals surface area contributed by atoms with E-state index in [1.807, 2.05) is 37.3 Å². The fourth-order valence-corrected chi connectivity index (χ4v) is 3.64. The molecule has 0 saturated carbocycles. The van der Waals surface area contributed by atoms with Gasteiger partial charge in [0, 0.05) is 5.56 Å². The molecule has 0 saturated heterocycles. The Morgan fingerprint density at radius 2 is 1.59 bits per heavy atom. The lowest BCUT2D eigenvalue weighted by Crippen LogP contribution is -2.19. The molecule has 0 fully saturated rings. The molecule has 0 aliphatic heterocycles. The number of carbonyl (C=O) groups is 2. The van der Waals surface area contributed by atoms with Crippen molar-refractivity contribution in [3.8, 4) is 11.5 Å². The molecule has 0 aliphatic rings. The van der Waals surface area contributed by atoms with Crippen LogP contribution in [0.4, 0.5) is 0 Å². The summed E-state index contributed by atoms with van der Waals surface area (Å²) in [5.74, 6) is -0.256. The molecular formula is C27H21ClN2O4. The van der Waals surface area contributed by atoms with Gasteiger partial charge in [-0.25, -0.2) is 10.2 Å². The van der Waals surface area contributed by atoms with Gasteiger partial charge in [0.15, 0.2) is 0 Å². The Labute approximate surface area is 201 Å². The monoisotopic (exact) mass is 472 g/mol. The number of fused-ring (bicyclic) bond motifs is 1. The molecule has 0 spiro atoms. The first-order valence-electron chi connectivity index (χ1n) is 10.6. The first-order valence-corrected chi connectivity index (χ1v) is 11.0.